The van der Waals surface area contributed by atoms with Crippen molar-refractivity contribution in [3.8, 4) is 5.75 Å². The summed E-state index contributed by atoms with van der Waals surface area (Å²) in [5, 5.41) is 4.44. The summed E-state index contributed by atoms with van der Waals surface area (Å²) in [6, 6.07) is 4.93. The zero-order chi connectivity index (χ0) is 12.4. The minimum atomic E-state index is -0.104. The average molecular weight is 251 g/mol. The maximum absolute atomic E-state index is 12.1. The van der Waals surface area contributed by atoms with E-state index >= 15 is 0 Å². The third kappa shape index (κ3) is 2.31. The van der Waals surface area contributed by atoms with Gasteiger partial charge in [-0.3, -0.25) is 9.48 Å². The molecule has 0 saturated carbocycles. The molecule has 1 aromatic carbocycles. The van der Waals surface area contributed by atoms with Crippen molar-refractivity contribution in [2.75, 3.05) is 7.11 Å². The predicted octanol–water partition coefficient (Wildman–Crippen LogP) is 2.31. The Kier molecular flexibility index (Phi) is 3.15. The first-order chi connectivity index (χ1) is 8.11. The van der Waals surface area contributed by atoms with Gasteiger partial charge in [0.15, 0.2) is 5.78 Å². The van der Waals surface area contributed by atoms with Gasteiger partial charge in [0.25, 0.3) is 0 Å². The van der Waals surface area contributed by atoms with Crippen molar-refractivity contribution < 1.29 is 9.53 Å². The fourth-order valence-electron chi connectivity index (χ4n) is 1.51. The number of ketones is 1. The normalized spacial score (nSPS) is 10.3. The van der Waals surface area contributed by atoms with Gasteiger partial charge in [-0.25, -0.2) is 0 Å². The van der Waals surface area contributed by atoms with Crippen LogP contribution in [-0.4, -0.2) is 22.7 Å². The number of aromatic nitrogens is 2. The van der Waals surface area contributed by atoms with Crippen LogP contribution in [0.1, 0.15) is 15.9 Å². The molecule has 2 rings (SSSR count). The summed E-state index contributed by atoms with van der Waals surface area (Å²) in [6.45, 7) is 0. The molecule has 88 valence electrons. The standard InChI is InChI=1S/C12H11ClN2O2/c1-15-7-9(6-14-15)12(16)8-3-4-10(13)11(5-8)17-2/h3-7H,1-2H3. The maximum atomic E-state index is 12.1. The quantitative estimate of drug-likeness (QED) is 0.786. The Bertz CT molecular complexity index is 563. The van der Waals surface area contributed by atoms with Crippen molar-refractivity contribution in [3.05, 3.63) is 46.7 Å². The van der Waals surface area contributed by atoms with Crippen molar-refractivity contribution >= 4 is 17.4 Å². The number of carbonyl (C=O) groups excluding carboxylic acids is 1. The van der Waals surface area contributed by atoms with Gasteiger partial charge in [0, 0.05) is 18.8 Å². The Morgan fingerprint density at radius 3 is 2.76 bits per heavy atom. The Morgan fingerprint density at radius 1 is 1.41 bits per heavy atom. The molecule has 1 heterocycles. The van der Waals surface area contributed by atoms with Gasteiger partial charge >= 0.3 is 0 Å². The molecule has 1 aromatic heterocycles. The third-order valence-corrected chi connectivity index (χ3v) is 2.69. The van der Waals surface area contributed by atoms with Crippen LogP contribution >= 0.6 is 11.6 Å². The summed E-state index contributed by atoms with van der Waals surface area (Å²) < 4.78 is 6.66. The van der Waals surface area contributed by atoms with Crippen molar-refractivity contribution in [3.63, 3.8) is 0 Å². The van der Waals surface area contributed by atoms with Crippen LogP contribution in [0.2, 0.25) is 5.02 Å². The lowest BCUT2D eigenvalue weighted by Gasteiger charge is -2.04. The molecule has 0 unspecified atom stereocenters. The molecule has 0 aliphatic heterocycles. The number of halogens is 1. The topological polar surface area (TPSA) is 44.1 Å². The number of rotatable bonds is 3. The van der Waals surface area contributed by atoms with E-state index in [2.05, 4.69) is 5.10 Å². The summed E-state index contributed by atoms with van der Waals surface area (Å²) >= 11 is 5.90. The molecule has 4 nitrogen and oxygen atoms in total. The number of methoxy groups -OCH3 is 1. The van der Waals surface area contributed by atoms with Crippen LogP contribution < -0.4 is 4.74 Å². The highest BCUT2D eigenvalue weighted by molar-refractivity contribution is 6.32. The van der Waals surface area contributed by atoms with Crippen LogP contribution in [-0.2, 0) is 7.05 Å². The zero-order valence-corrected chi connectivity index (χ0v) is 10.2. The molecule has 0 N–H and O–H groups in total. The van der Waals surface area contributed by atoms with Crippen molar-refractivity contribution in [2.24, 2.45) is 7.05 Å². The summed E-state index contributed by atoms with van der Waals surface area (Å²) in [5.41, 5.74) is 1.07. The van der Waals surface area contributed by atoms with Crippen molar-refractivity contribution in [2.45, 2.75) is 0 Å². The fraction of sp³-hybridized carbons (Fsp3) is 0.167. The van der Waals surface area contributed by atoms with Crippen molar-refractivity contribution in [1.29, 1.82) is 0 Å². The summed E-state index contributed by atoms with van der Waals surface area (Å²) in [5.74, 6) is 0.384. The van der Waals surface area contributed by atoms with E-state index in [1.54, 1.807) is 36.1 Å². The highest BCUT2D eigenvalue weighted by atomic mass is 35.5. The van der Waals surface area contributed by atoms with E-state index in [9.17, 15) is 4.79 Å². The van der Waals surface area contributed by atoms with Crippen LogP contribution in [0.3, 0.4) is 0 Å². The smallest absolute Gasteiger partial charge is 0.196 e. The Morgan fingerprint density at radius 2 is 2.18 bits per heavy atom. The van der Waals surface area contributed by atoms with Gasteiger partial charge < -0.3 is 4.74 Å². The molecule has 0 saturated heterocycles. The molecular formula is C12H11ClN2O2. The number of hydrogen-bond donors (Lipinski definition) is 0. The van der Waals surface area contributed by atoms with E-state index in [0.29, 0.717) is 21.9 Å². The molecule has 0 atom stereocenters. The molecule has 0 bridgehead atoms. The molecular weight excluding hydrogens is 240 g/mol. The van der Waals surface area contributed by atoms with Gasteiger partial charge in [0.1, 0.15) is 5.75 Å². The fourth-order valence-corrected chi connectivity index (χ4v) is 1.70. The van der Waals surface area contributed by atoms with Crippen LogP contribution in [0.5, 0.6) is 5.75 Å². The van der Waals surface area contributed by atoms with Crippen LogP contribution in [0.4, 0.5) is 0 Å². The lowest BCUT2D eigenvalue weighted by atomic mass is 10.1. The van der Waals surface area contributed by atoms with E-state index < -0.39 is 0 Å². The summed E-state index contributed by atoms with van der Waals surface area (Å²) in [7, 11) is 3.28. The van der Waals surface area contributed by atoms with Gasteiger partial charge in [-0.15, -0.1) is 0 Å². The molecule has 0 spiro atoms. The maximum Gasteiger partial charge on any atom is 0.196 e. The third-order valence-electron chi connectivity index (χ3n) is 2.38. The number of aryl methyl sites for hydroxylation is 1. The largest absolute Gasteiger partial charge is 0.495 e. The number of carbonyl (C=O) groups is 1. The first-order valence-electron chi connectivity index (χ1n) is 4.98. The molecule has 2 aromatic rings. The lowest BCUT2D eigenvalue weighted by Crippen LogP contribution is -2.00. The summed E-state index contributed by atoms with van der Waals surface area (Å²) in [6.07, 6.45) is 3.20. The summed E-state index contributed by atoms with van der Waals surface area (Å²) in [4.78, 5) is 12.1. The highest BCUT2D eigenvalue weighted by Crippen LogP contribution is 2.26. The van der Waals surface area contributed by atoms with E-state index in [1.807, 2.05) is 0 Å². The molecule has 0 radical (unpaired) electrons. The monoisotopic (exact) mass is 250 g/mol. The second-order valence-corrected chi connectivity index (χ2v) is 3.99. The predicted molar refractivity (Wildman–Crippen MR) is 64.6 cm³/mol. The number of nitrogens with zero attached hydrogens (tertiary/aromatic N) is 2. The number of ether oxygens (including phenoxy) is 1. The van der Waals surface area contributed by atoms with Gasteiger partial charge in [-0.1, -0.05) is 11.6 Å². The van der Waals surface area contributed by atoms with Gasteiger partial charge in [-0.05, 0) is 18.2 Å². The molecule has 0 aliphatic rings. The molecule has 0 fully saturated rings. The van der Waals surface area contributed by atoms with Gasteiger partial charge in [0.05, 0.1) is 23.9 Å². The second-order valence-electron chi connectivity index (χ2n) is 3.58. The first-order valence-corrected chi connectivity index (χ1v) is 5.36. The van der Waals surface area contributed by atoms with E-state index in [-0.39, 0.29) is 5.78 Å². The Labute approximate surface area is 104 Å². The average Bonchev–Trinajstić information content (AvgIpc) is 2.75. The SMILES string of the molecule is COc1cc(C(=O)c2cnn(C)c2)ccc1Cl. The Hall–Kier alpha value is -1.81. The molecule has 17 heavy (non-hydrogen) atoms. The zero-order valence-electron chi connectivity index (χ0n) is 9.48. The van der Waals surface area contributed by atoms with E-state index in [0.717, 1.165) is 0 Å². The minimum absolute atomic E-state index is 0.104. The van der Waals surface area contributed by atoms with Crippen LogP contribution in [0, 0.1) is 0 Å². The van der Waals surface area contributed by atoms with Gasteiger partial charge in [0.2, 0.25) is 0 Å². The molecule has 0 aliphatic carbocycles. The van der Waals surface area contributed by atoms with Crippen LogP contribution in [0.15, 0.2) is 30.6 Å². The highest BCUT2D eigenvalue weighted by Gasteiger charge is 2.13. The molecule has 5 heteroatoms. The van der Waals surface area contributed by atoms with Crippen molar-refractivity contribution in [1.82, 2.24) is 9.78 Å². The van der Waals surface area contributed by atoms with Crippen LogP contribution in [0.25, 0.3) is 0 Å². The van der Waals surface area contributed by atoms with Gasteiger partial charge in [-0.2, -0.15) is 5.10 Å². The van der Waals surface area contributed by atoms with E-state index in [4.69, 9.17) is 16.3 Å². The minimum Gasteiger partial charge on any atom is -0.495 e. The second kappa shape index (κ2) is 4.59. The number of hydrogen-bond acceptors (Lipinski definition) is 3. The first kappa shape index (κ1) is 11.7. The number of benzene rings is 1. The van der Waals surface area contributed by atoms with E-state index in [1.165, 1.54) is 13.3 Å². The molecule has 0 amide bonds. The lowest BCUT2D eigenvalue weighted by molar-refractivity contribution is 0.103. The Balaban J connectivity index is 2.37.